The standard InChI is InChI=1S/C48H30O.HO3P/c49-48-44(46-40-22-10-4-16-33(40)26-34-17-5-11-23-41(34)46)28-35-18-6-12-24-42(35)47(48)43-29-36(27-30-13-1-7-19-37(30)43)45-38-20-8-2-14-31(38)25-32-15-3-9-21-39(32)45;1-4(2)3/h1-29,49H;(H-,1,2,3)/p+1. The molecule has 0 amide bonds. The van der Waals surface area contributed by atoms with Crippen LogP contribution in [0.1, 0.15) is 0 Å². The average Bonchev–Trinajstić information content (AvgIpc) is 3.18. The minimum atomic E-state index is -2.87. The smallest absolute Gasteiger partial charge is 0.507 e. The second kappa shape index (κ2) is 13.3. The van der Waals surface area contributed by atoms with E-state index >= 15 is 0 Å². The Morgan fingerprint density at radius 1 is 0.340 bits per heavy atom. The minimum absolute atomic E-state index is 0.297. The fourth-order valence-electron chi connectivity index (χ4n) is 8.09. The van der Waals surface area contributed by atoms with Gasteiger partial charge in [0.2, 0.25) is 0 Å². The molecule has 0 spiro atoms. The number of aromatic hydroxyl groups is 1. The van der Waals surface area contributed by atoms with Gasteiger partial charge in [-0.1, -0.05) is 146 Å². The molecular formula is C48H32O4P+. The Kier molecular flexibility index (Phi) is 8.14. The van der Waals surface area contributed by atoms with Gasteiger partial charge in [-0.2, -0.15) is 0 Å². The summed E-state index contributed by atoms with van der Waals surface area (Å²) in [5.41, 5.74) is 6.11. The lowest BCUT2D eigenvalue weighted by molar-refractivity contribution is 0.405. The van der Waals surface area contributed by atoms with Crippen molar-refractivity contribution in [3.8, 4) is 39.1 Å². The second-order valence-electron chi connectivity index (χ2n) is 13.3. The van der Waals surface area contributed by atoms with Crippen molar-refractivity contribution < 1.29 is 19.5 Å². The third-order valence-electron chi connectivity index (χ3n) is 10.3. The van der Waals surface area contributed by atoms with Crippen LogP contribution in [0.3, 0.4) is 0 Å². The number of benzene rings is 10. The van der Waals surface area contributed by atoms with E-state index in [-0.39, 0.29) is 0 Å². The van der Waals surface area contributed by atoms with Crippen molar-refractivity contribution in [3.05, 3.63) is 176 Å². The minimum Gasteiger partial charge on any atom is -0.507 e. The van der Waals surface area contributed by atoms with E-state index in [0.717, 1.165) is 70.9 Å². The summed E-state index contributed by atoms with van der Waals surface area (Å²) in [6.45, 7) is 0. The third kappa shape index (κ3) is 5.67. The molecule has 3 N–H and O–H groups in total. The molecule has 0 bridgehead atoms. The van der Waals surface area contributed by atoms with Crippen LogP contribution in [0.5, 0.6) is 5.75 Å². The molecule has 5 heteroatoms. The summed E-state index contributed by atoms with van der Waals surface area (Å²) in [4.78, 5) is 14.2. The van der Waals surface area contributed by atoms with Crippen molar-refractivity contribution in [1.29, 1.82) is 0 Å². The number of hydrogen-bond donors (Lipinski definition) is 3. The van der Waals surface area contributed by atoms with Crippen LogP contribution in [-0.2, 0) is 4.57 Å². The largest absolute Gasteiger partial charge is 0.692 e. The highest BCUT2D eigenvalue weighted by atomic mass is 31.1. The quantitative estimate of drug-likeness (QED) is 0.126. The highest BCUT2D eigenvalue weighted by Crippen LogP contribution is 2.50. The number of rotatable bonds is 3. The molecule has 0 aromatic heterocycles. The van der Waals surface area contributed by atoms with Crippen LogP contribution in [0.15, 0.2) is 176 Å². The van der Waals surface area contributed by atoms with Crippen LogP contribution < -0.4 is 0 Å². The van der Waals surface area contributed by atoms with E-state index < -0.39 is 8.25 Å². The lowest BCUT2D eigenvalue weighted by Gasteiger charge is -2.20. The number of phenols is 1. The molecular weight excluding hydrogens is 671 g/mol. The molecule has 0 saturated heterocycles. The lowest BCUT2D eigenvalue weighted by Crippen LogP contribution is -1.93. The fraction of sp³-hybridized carbons (Fsp3) is 0. The van der Waals surface area contributed by atoms with E-state index in [9.17, 15) is 5.11 Å². The molecule has 0 atom stereocenters. The van der Waals surface area contributed by atoms with Gasteiger partial charge in [0.1, 0.15) is 5.75 Å². The van der Waals surface area contributed by atoms with E-state index in [1.807, 2.05) is 0 Å². The molecule has 4 nitrogen and oxygen atoms in total. The predicted octanol–water partition coefficient (Wildman–Crippen LogP) is 12.9. The van der Waals surface area contributed by atoms with Crippen LogP contribution in [0.2, 0.25) is 0 Å². The fourth-order valence-corrected chi connectivity index (χ4v) is 8.09. The zero-order valence-corrected chi connectivity index (χ0v) is 29.3. The van der Waals surface area contributed by atoms with E-state index in [1.165, 1.54) is 27.1 Å². The molecule has 53 heavy (non-hydrogen) atoms. The summed E-state index contributed by atoms with van der Waals surface area (Å²) in [6, 6.07) is 62.7. The average molecular weight is 704 g/mol. The van der Waals surface area contributed by atoms with Gasteiger partial charge >= 0.3 is 8.25 Å². The Balaban J connectivity index is 0.000000888. The monoisotopic (exact) mass is 703 g/mol. The molecule has 0 aliphatic rings. The SMILES string of the molecule is O=[P+](O)O.Oc1c(-c2c3ccccc3cc3ccccc23)cc2ccccc2c1-c1cc(-c2c3ccccc3cc3ccccc23)cc2ccccc12. The maximum Gasteiger partial charge on any atom is 0.692 e. The number of phenolic OH excluding ortho intramolecular Hbond substituents is 1. The van der Waals surface area contributed by atoms with Crippen molar-refractivity contribution in [2.24, 2.45) is 0 Å². The molecule has 0 unspecified atom stereocenters. The summed E-state index contributed by atoms with van der Waals surface area (Å²) in [7, 11) is -2.87. The number of fused-ring (bicyclic) bond motifs is 6. The molecule has 252 valence electrons. The van der Waals surface area contributed by atoms with Gasteiger partial charge in [-0.05, 0) is 112 Å². The maximum atomic E-state index is 12.8. The van der Waals surface area contributed by atoms with Crippen molar-refractivity contribution in [2.75, 3.05) is 0 Å². The molecule has 10 rings (SSSR count). The van der Waals surface area contributed by atoms with Gasteiger partial charge in [0.15, 0.2) is 0 Å². The summed E-state index contributed by atoms with van der Waals surface area (Å²) >= 11 is 0. The first-order chi connectivity index (χ1) is 26.0. The Hall–Kier alpha value is -6.42. The van der Waals surface area contributed by atoms with Crippen LogP contribution in [0.4, 0.5) is 0 Å². The summed E-state index contributed by atoms with van der Waals surface area (Å²) in [5.74, 6) is 0.297. The van der Waals surface area contributed by atoms with E-state index in [2.05, 4.69) is 176 Å². The predicted molar refractivity (Wildman–Crippen MR) is 221 cm³/mol. The maximum absolute atomic E-state index is 12.8. The molecule has 0 aliphatic heterocycles. The third-order valence-corrected chi connectivity index (χ3v) is 10.3. The van der Waals surface area contributed by atoms with Crippen molar-refractivity contribution in [2.45, 2.75) is 0 Å². The molecule has 0 fully saturated rings. The Morgan fingerprint density at radius 2 is 0.660 bits per heavy atom. The molecule has 0 saturated carbocycles. The van der Waals surface area contributed by atoms with Crippen molar-refractivity contribution in [1.82, 2.24) is 0 Å². The van der Waals surface area contributed by atoms with E-state index in [0.29, 0.717) is 5.75 Å². The van der Waals surface area contributed by atoms with Crippen LogP contribution in [0.25, 0.3) is 98.0 Å². The normalized spacial score (nSPS) is 11.4. The van der Waals surface area contributed by atoms with Gasteiger partial charge in [-0.25, -0.2) is 0 Å². The van der Waals surface area contributed by atoms with Gasteiger partial charge in [0, 0.05) is 21.3 Å². The molecule has 10 aromatic rings. The first kappa shape index (κ1) is 32.5. The first-order valence-corrected chi connectivity index (χ1v) is 18.6. The van der Waals surface area contributed by atoms with Gasteiger partial charge in [-0.15, -0.1) is 9.79 Å². The zero-order valence-electron chi connectivity index (χ0n) is 28.4. The van der Waals surface area contributed by atoms with Crippen LogP contribution in [0, 0.1) is 0 Å². The summed E-state index contributed by atoms with van der Waals surface area (Å²) in [6.07, 6.45) is 0. The molecule has 10 aromatic carbocycles. The van der Waals surface area contributed by atoms with Gasteiger partial charge in [0.25, 0.3) is 0 Å². The Labute approximate surface area is 306 Å². The van der Waals surface area contributed by atoms with Gasteiger partial charge in [0.05, 0.1) is 0 Å². The van der Waals surface area contributed by atoms with E-state index in [1.54, 1.807) is 0 Å². The zero-order chi connectivity index (χ0) is 36.1. The topological polar surface area (TPSA) is 77.8 Å². The van der Waals surface area contributed by atoms with E-state index in [4.69, 9.17) is 14.4 Å². The van der Waals surface area contributed by atoms with Gasteiger partial charge in [-0.3, -0.25) is 0 Å². The first-order valence-electron chi connectivity index (χ1n) is 17.4. The highest BCUT2D eigenvalue weighted by molar-refractivity contribution is 7.30. The molecule has 0 aliphatic carbocycles. The second-order valence-corrected chi connectivity index (χ2v) is 13.8. The molecule has 0 heterocycles. The van der Waals surface area contributed by atoms with Gasteiger partial charge < -0.3 is 5.11 Å². The van der Waals surface area contributed by atoms with Crippen molar-refractivity contribution in [3.63, 3.8) is 0 Å². The van der Waals surface area contributed by atoms with Crippen LogP contribution in [-0.4, -0.2) is 14.9 Å². The summed E-state index contributed by atoms with van der Waals surface area (Å²) in [5, 5.41) is 26.5. The Morgan fingerprint density at radius 3 is 1.09 bits per heavy atom. The van der Waals surface area contributed by atoms with Crippen LogP contribution >= 0.6 is 8.25 Å². The van der Waals surface area contributed by atoms with Crippen molar-refractivity contribution >= 4 is 72.9 Å². The Bertz CT molecular complexity index is 2960. The highest BCUT2D eigenvalue weighted by Gasteiger charge is 2.22. The lowest BCUT2D eigenvalue weighted by atomic mass is 9.84. The summed E-state index contributed by atoms with van der Waals surface area (Å²) < 4.78 is 8.70. The number of hydrogen-bond acceptors (Lipinski definition) is 2. The molecule has 0 radical (unpaired) electrons.